The van der Waals surface area contributed by atoms with Crippen molar-refractivity contribution in [2.45, 2.75) is 38.4 Å². The molecular formula is C13H21N3. The van der Waals surface area contributed by atoms with E-state index in [-0.39, 0.29) is 0 Å². The van der Waals surface area contributed by atoms with E-state index in [1.54, 1.807) is 0 Å². The average Bonchev–Trinajstić information content (AvgIpc) is 3.13. The highest BCUT2D eigenvalue weighted by molar-refractivity contribution is 5.09. The van der Waals surface area contributed by atoms with Crippen molar-refractivity contribution in [3.05, 3.63) is 30.1 Å². The minimum Gasteiger partial charge on any atom is -0.311 e. The van der Waals surface area contributed by atoms with Crippen molar-refractivity contribution in [2.24, 2.45) is 0 Å². The minimum atomic E-state index is 0.620. The van der Waals surface area contributed by atoms with Crippen LogP contribution in [0.2, 0.25) is 0 Å². The molecule has 0 bridgehead atoms. The molecule has 1 atom stereocenters. The first-order chi connectivity index (χ1) is 7.77. The van der Waals surface area contributed by atoms with Gasteiger partial charge in [-0.15, -0.1) is 0 Å². The van der Waals surface area contributed by atoms with Crippen LogP contribution < -0.4 is 5.32 Å². The van der Waals surface area contributed by atoms with Gasteiger partial charge in [-0.2, -0.15) is 0 Å². The Balaban J connectivity index is 1.67. The summed E-state index contributed by atoms with van der Waals surface area (Å²) in [5.41, 5.74) is 1.30. The van der Waals surface area contributed by atoms with Crippen molar-refractivity contribution in [1.29, 1.82) is 0 Å². The molecule has 88 valence electrons. The molecule has 1 aliphatic rings. The summed E-state index contributed by atoms with van der Waals surface area (Å²) in [5.74, 6) is 0. The van der Waals surface area contributed by atoms with Crippen molar-refractivity contribution >= 4 is 0 Å². The molecular weight excluding hydrogens is 198 g/mol. The van der Waals surface area contributed by atoms with Crippen molar-refractivity contribution in [2.75, 3.05) is 13.6 Å². The van der Waals surface area contributed by atoms with Gasteiger partial charge in [0.1, 0.15) is 0 Å². The first kappa shape index (κ1) is 11.6. The van der Waals surface area contributed by atoms with E-state index in [0.717, 1.165) is 19.1 Å². The summed E-state index contributed by atoms with van der Waals surface area (Å²) in [6, 6.07) is 5.58. The normalized spacial score (nSPS) is 17.7. The third kappa shape index (κ3) is 3.29. The van der Waals surface area contributed by atoms with Gasteiger partial charge in [-0.05, 0) is 44.5 Å². The van der Waals surface area contributed by atoms with Crippen LogP contribution in [-0.2, 0) is 6.54 Å². The SMILES string of the molecule is CC(CNCc1ccncc1)N(C)C1CC1. The maximum atomic E-state index is 4.01. The molecule has 1 saturated carbocycles. The van der Waals surface area contributed by atoms with Gasteiger partial charge in [0.2, 0.25) is 0 Å². The van der Waals surface area contributed by atoms with E-state index in [9.17, 15) is 0 Å². The highest BCUT2D eigenvalue weighted by atomic mass is 15.2. The first-order valence-corrected chi connectivity index (χ1v) is 6.09. The molecule has 0 amide bonds. The number of aromatic nitrogens is 1. The van der Waals surface area contributed by atoms with Crippen molar-refractivity contribution in [3.63, 3.8) is 0 Å². The van der Waals surface area contributed by atoms with Gasteiger partial charge >= 0.3 is 0 Å². The molecule has 0 spiro atoms. The molecule has 1 N–H and O–H groups in total. The maximum Gasteiger partial charge on any atom is 0.0271 e. The van der Waals surface area contributed by atoms with Crippen molar-refractivity contribution in [3.8, 4) is 0 Å². The van der Waals surface area contributed by atoms with Gasteiger partial charge in [-0.3, -0.25) is 9.88 Å². The number of hydrogen-bond acceptors (Lipinski definition) is 3. The molecule has 1 heterocycles. The van der Waals surface area contributed by atoms with Crippen LogP contribution in [0.5, 0.6) is 0 Å². The van der Waals surface area contributed by atoms with E-state index < -0.39 is 0 Å². The number of pyridine rings is 1. The summed E-state index contributed by atoms with van der Waals surface area (Å²) in [7, 11) is 2.23. The quantitative estimate of drug-likeness (QED) is 0.788. The maximum absolute atomic E-state index is 4.01. The third-order valence-corrected chi connectivity index (χ3v) is 3.34. The van der Waals surface area contributed by atoms with Gasteiger partial charge in [-0.25, -0.2) is 0 Å². The summed E-state index contributed by atoms with van der Waals surface area (Å²) >= 11 is 0. The molecule has 1 fully saturated rings. The second-order valence-corrected chi connectivity index (χ2v) is 4.73. The Morgan fingerprint density at radius 2 is 2.12 bits per heavy atom. The molecule has 2 rings (SSSR count). The smallest absolute Gasteiger partial charge is 0.0271 e. The number of likely N-dealkylation sites (N-methyl/N-ethyl adjacent to an activating group) is 1. The second kappa shape index (κ2) is 5.41. The molecule has 1 unspecified atom stereocenters. The fourth-order valence-corrected chi connectivity index (χ4v) is 1.91. The van der Waals surface area contributed by atoms with Gasteiger partial charge in [0.25, 0.3) is 0 Å². The fraction of sp³-hybridized carbons (Fsp3) is 0.615. The summed E-state index contributed by atoms with van der Waals surface area (Å²) in [4.78, 5) is 6.50. The van der Waals surface area contributed by atoms with Crippen LogP contribution in [0.15, 0.2) is 24.5 Å². The lowest BCUT2D eigenvalue weighted by atomic mass is 10.2. The number of rotatable bonds is 6. The van der Waals surface area contributed by atoms with Crippen LogP contribution in [0.4, 0.5) is 0 Å². The topological polar surface area (TPSA) is 28.2 Å². The summed E-state index contributed by atoms with van der Waals surface area (Å²) in [6.07, 6.45) is 6.45. The number of nitrogens with zero attached hydrogens (tertiary/aromatic N) is 2. The summed E-state index contributed by atoms with van der Waals surface area (Å²) < 4.78 is 0. The lowest BCUT2D eigenvalue weighted by Crippen LogP contribution is -2.38. The summed E-state index contributed by atoms with van der Waals surface area (Å²) in [6.45, 7) is 4.28. The molecule has 0 saturated heterocycles. The Bertz CT molecular complexity index is 308. The van der Waals surface area contributed by atoms with E-state index in [2.05, 4.69) is 41.3 Å². The van der Waals surface area contributed by atoms with E-state index in [1.165, 1.54) is 18.4 Å². The third-order valence-electron chi connectivity index (χ3n) is 3.34. The Labute approximate surface area is 97.9 Å². The molecule has 3 nitrogen and oxygen atoms in total. The Morgan fingerprint density at radius 3 is 2.75 bits per heavy atom. The Morgan fingerprint density at radius 1 is 1.44 bits per heavy atom. The zero-order valence-corrected chi connectivity index (χ0v) is 10.2. The molecule has 16 heavy (non-hydrogen) atoms. The minimum absolute atomic E-state index is 0.620. The monoisotopic (exact) mass is 219 g/mol. The predicted molar refractivity (Wildman–Crippen MR) is 66.2 cm³/mol. The van der Waals surface area contributed by atoms with Crippen LogP contribution in [-0.4, -0.2) is 35.6 Å². The molecule has 1 aromatic rings. The van der Waals surface area contributed by atoms with Crippen LogP contribution in [0.3, 0.4) is 0 Å². The zero-order valence-electron chi connectivity index (χ0n) is 10.2. The highest BCUT2D eigenvalue weighted by Gasteiger charge is 2.28. The molecule has 1 aromatic heterocycles. The molecule has 0 aliphatic heterocycles. The van der Waals surface area contributed by atoms with Crippen LogP contribution in [0.1, 0.15) is 25.3 Å². The van der Waals surface area contributed by atoms with Crippen LogP contribution >= 0.6 is 0 Å². The standard InChI is InChI=1S/C13H21N3/c1-11(16(2)13-3-4-13)9-15-10-12-5-7-14-8-6-12/h5-8,11,13,15H,3-4,9-10H2,1-2H3. The van der Waals surface area contributed by atoms with Gasteiger partial charge in [-0.1, -0.05) is 0 Å². The summed E-state index contributed by atoms with van der Waals surface area (Å²) in [5, 5.41) is 3.50. The van der Waals surface area contributed by atoms with Gasteiger partial charge in [0.15, 0.2) is 0 Å². The largest absolute Gasteiger partial charge is 0.311 e. The lowest BCUT2D eigenvalue weighted by molar-refractivity contribution is 0.241. The van der Waals surface area contributed by atoms with E-state index >= 15 is 0 Å². The van der Waals surface area contributed by atoms with Crippen LogP contribution in [0.25, 0.3) is 0 Å². The predicted octanol–water partition coefficient (Wildman–Crippen LogP) is 1.65. The molecule has 0 aromatic carbocycles. The Hall–Kier alpha value is -0.930. The highest BCUT2D eigenvalue weighted by Crippen LogP contribution is 2.26. The molecule has 0 radical (unpaired) electrons. The van der Waals surface area contributed by atoms with Gasteiger partial charge in [0, 0.05) is 37.6 Å². The van der Waals surface area contributed by atoms with E-state index in [4.69, 9.17) is 0 Å². The first-order valence-electron chi connectivity index (χ1n) is 6.09. The van der Waals surface area contributed by atoms with E-state index in [1.807, 2.05) is 12.4 Å². The zero-order chi connectivity index (χ0) is 11.4. The molecule has 3 heteroatoms. The molecule has 1 aliphatic carbocycles. The van der Waals surface area contributed by atoms with Gasteiger partial charge < -0.3 is 5.32 Å². The average molecular weight is 219 g/mol. The van der Waals surface area contributed by atoms with Crippen molar-refractivity contribution < 1.29 is 0 Å². The number of hydrogen-bond donors (Lipinski definition) is 1. The van der Waals surface area contributed by atoms with Gasteiger partial charge in [0.05, 0.1) is 0 Å². The van der Waals surface area contributed by atoms with Crippen molar-refractivity contribution in [1.82, 2.24) is 15.2 Å². The number of nitrogens with one attached hydrogen (secondary N) is 1. The van der Waals surface area contributed by atoms with Crippen LogP contribution in [0, 0.1) is 0 Å². The second-order valence-electron chi connectivity index (χ2n) is 4.73. The van der Waals surface area contributed by atoms with E-state index in [0.29, 0.717) is 6.04 Å². The fourth-order valence-electron chi connectivity index (χ4n) is 1.91. The Kier molecular flexibility index (Phi) is 3.91. The lowest BCUT2D eigenvalue weighted by Gasteiger charge is -2.24.